The number of rotatable bonds is 4. The zero-order chi connectivity index (χ0) is 13.8. The van der Waals surface area contributed by atoms with Crippen LogP contribution in [0.4, 0.5) is 4.39 Å². The van der Waals surface area contributed by atoms with Crippen molar-refractivity contribution in [2.24, 2.45) is 0 Å². The Morgan fingerprint density at radius 3 is 2.55 bits per heavy atom. The van der Waals surface area contributed by atoms with Crippen LogP contribution in [-0.4, -0.2) is 31.6 Å². The van der Waals surface area contributed by atoms with Gasteiger partial charge in [0.15, 0.2) is 5.79 Å². The Balaban J connectivity index is 1.41. The van der Waals surface area contributed by atoms with Gasteiger partial charge in [0, 0.05) is 18.9 Å². The first-order valence-electron chi connectivity index (χ1n) is 7.52. The summed E-state index contributed by atoms with van der Waals surface area (Å²) in [5.41, 5.74) is 0.787. The summed E-state index contributed by atoms with van der Waals surface area (Å²) in [6, 6.07) is 7.49. The molecule has 0 amide bonds. The van der Waals surface area contributed by atoms with Gasteiger partial charge in [0.1, 0.15) is 5.82 Å². The molecule has 0 aromatic heterocycles. The maximum absolute atomic E-state index is 13.5. The van der Waals surface area contributed by atoms with Gasteiger partial charge in [-0.15, -0.1) is 0 Å². The van der Waals surface area contributed by atoms with E-state index in [1.807, 2.05) is 12.1 Å². The van der Waals surface area contributed by atoms with Crippen LogP contribution < -0.4 is 5.32 Å². The molecule has 1 aromatic carbocycles. The molecule has 2 aliphatic rings. The Morgan fingerprint density at radius 2 is 1.85 bits per heavy atom. The van der Waals surface area contributed by atoms with Gasteiger partial charge in [-0.25, -0.2) is 4.39 Å². The molecule has 2 fully saturated rings. The number of benzene rings is 1. The van der Waals surface area contributed by atoms with Gasteiger partial charge in [-0.3, -0.25) is 0 Å². The van der Waals surface area contributed by atoms with E-state index in [9.17, 15) is 4.39 Å². The van der Waals surface area contributed by atoms with Crippen molar-refractivity contribution in [3.8, 4) is 0 Å². The third kappa shape index (κ3) is 3.19. The monoisotopic (exact) mass is 279 g/mol. The Kier molecular flexibility index (Phi) is 4.34. The lowest BCUT2D eigenvalue weighted by molar-refractivity contribution is -0.179. The molecule has 1 saturated heterocycles. The summed E-state index contributed by atoms with van der Waals surface area (Å²) < 4.78 is 24.9. The van der Waals surface area contributed by atoms with Crippen molar-refractivity contribution in [2.45, 2.75) is 43.9 Å². The molecule has 1 spiro atoms. The van der Waals surface area contributed by atoms with E-state index < -0.39 is 0 Å². The zero-order valence-corrected chi connectivity index (χ0v) is 11.7. The number of ether oxygens (including phenoxy) is 2. The van der Waals surface area contributed by atoms with Crippen molar-refractivity contribution in [1.29, 1.82) is 0 Å². The predicted octanol–water partition coefficient (Wildman–Crippen LogP) is 2.64. The minimum Gasteiger partial charge on any atom is -0.348 e. The van der Waals surface area contributed by atoms with Crippen molar-refractivity contribution in [3.63, 3.8) is 0 Å². The van der Waals surface area contributed by atoms with Gasteiger partial charge in [-0.05, 0) is 37.4 Å². The molecule has 1 heterocycles. The molecule has 3 rings (SSSR count). The topological polar surface area (TPSA) is 30.5 Å². The summed E-state index contributed by atoms with van der Waals surface area (Å²) in [7, 11) is 0. The van der Waals surface area contributed by atoms with E-state index in [1.54, 1.807) is 6.07 Å². The molecule has 1 N–H and O–H groups in total. The van der Waals surface area contributed by atoms with Gasteiger partial charge >= 0.3 is 0 Å². The highest BCUT2D eigenvalue weighted by Crippen LogP contribution is 2.35. The largest absolute Gasteiger partial charge is 0.348 e. The van der Waals surface area contributed by atoms with E-state index in [4.69, 9.17) is 9.47 Å². The first-order valence-corrected chi connectivity index (χ1v) is 7.52. The first kappa shape index (κ1) is 14.0. The van der Waals surface area contributed by atoms with Crippen molar-refractivity contribution in [1.82, 2.24) is 5.32 Å². The second-order valence-electron chi connectivity index (χ2n) is 5.68. The second-order valence-corrected chi connectivity index (χ2v) is 5.68. The van der Waals surface area contributed by atoms with Gasteiger partial charge in [0.25, 0.3) is 0 Å². The van der Waals surface area contributed by atoms with Gasteiger partial charge in [0.05, 0.1) is 13.2 Å². The van der Waals surface area contributed by atoms with Crippen LogP contribution in [0.3, 0.4) is 0 Å². The van der Waals surface area contributed by atoms with Crippen LogP contribution in [0.15, 0.2) is 24.3 Å². The molecule has 20 heavy (non-hydrogen) atoms. The molecule has 0 radical (unpaired) electrons. The molecular weight excluding hydrogens is 257 g/mol. The highest BCUT2D eigenvalue weighted by Gasteiger charge is 2.39. The molecule has 1 saturated carbocycles. The second kappa shape index (κ2) is 6.20. The van der Waals surface area contributed by atoms with Gasteiger partial charge in [-0.1, -0.05) is 18.2 Å². The third-order valence-corrected chi connectivity index (χ3v) is 4.35. The van der Waals surface area contributed by atoms with Crippen LogP contribution >= 0.6 is 0 Å². The smallest absolute Gasteiger partial charge is 0.168 e. The third-order valence-electron chi connectivity index (χ3n) is 4.35. The Hall–Kier alpha value is -0.970. The van der Waals surface area contributed by atoms with Crippen molar-refractivity contribution >= 4 is 0 Å². The standard InChI is InChI=1S/C16H22FNO2/c17-15-4-2-1-3-13(15)7-10-18-14-5-8-16(9-6-14)19-11-12-20-16/h1-4,14,18H,5-12H2. The highest BCUT2D eigenvalue weighted by atomic mass is 19.1. The normalized spacial score (nSPS) is 22.4. The molecule has 0 atom stereocenters. The van der Waals surface area contributed by atoms with Crippen LogP contribution in [0.2, 0.25) is 0 Å². The van der Waals surface area contributed by atoms with Crippen LogP contribution in [0.5, 0.6) is 0 Å². The lowest BCUT2D eigenvalue weighted by atomic mass is 9.90. The van der Waals surface area contributed by atoms with Crippen LogP contribution in [0.1, 0.15) is 31.2 Å². The lowest BCUT2D eigenvalue weighted by Crippen LogP contribution is -2.42. The molecule has 1 aromatic rings. The summed E-state index contributed by atoms with van der Waals surface area (Å²) in [6.07, 6.45) is 4.80. The number of hydrogen-bond acceptors (Lipinski definition) is 3. The fourth-order valence-electron chi connectivity index (χ4n) is 3.16. The SMILES string of the molecule is Fc1ccccc1CCNC1CCC2(CC1)OCCO2. The molecule has 110 valence electrons. The molecule has 4 heteroatoms. The fraction of sp³-hybridized carbons (Fsp3) is 0.625. The number of hydrogen-bond donors (Lipinski definition) is 1. The molecule has 1 aliphatic carbocycles. The van der Waals surface area contributed by atoms with Gasteiger partial charge in [0.2, 0.25) is 0 Å². The zero-order valence-electron chi connectivity index (χ0n) is 11.7. The molecule has 0 bridgehead atoms. The van der Waals surface area contributed by atoms with E-state index in [0.29, 0.717) is 6.04 Å². The van der Waals surface area contributed by atoms with Gasteiger partial charge in [-0.2, -0.15) is 0 Å². The minimum absolute atomic E-state index is 0.107. The van der Waals surface area contributed by atoms with Crippen molar-refractivity contribution < 1.29 is 13.9 Å². The maximum atomic E-state index is 13.5. The predicted molar refractivity (Wildman–Crippen MR) is 75.0 cm³/mol. The Bertz CT molecular complexity index is 436. The number of halogens is 1. The van der Waals surface area contributed by atoms with Crippen LogP contribution in [0, 0.1) is 5.82 Å². The average Bonchev–Trinajstić information content (AvgIpc) is 2.92. The fourth-order valence-corrected chi connectivity index (χ4v) is 3.16. The summed E-state index contributed by atoms with van der Waals surface area (Å²) in [5, 5.41) is 3.53. The summed E-state index contributed by atoms with van der Waals surface area (Å²) in [5.74, 6) is -0.395. The maximum Gasteiger partial charge on any atom is 0.168 e. The molecule has 1 aliphatic heterocycles. The quantitative estimate of drug-likeness (QED) is 0.919. The summed E-state index contributed by atoms with van der Waals surface area (Å²) in [6.45, 7) is 2.27. The first-order chi connectivity index (χ1) is 9.77. The van der Waals surface area contributed by atoms with E-state index in [1.165, 1.54) is 6.07 Å². The minimum atomic E-state index is -0.288. The molecule has 3 nitrogen and oxygen atoms in total. The van der Waals surface area contributed by atoms with E-state index in [0.717, 1.165) is 57.4 Å². The summed E-state index contributed by atoms with van der Waals surface area (Å²) >= 11 is 0. The average molecular weight is 279 g/mol. The van der Waals surface area contributed by atoms with Crippen molar-refractivity contribution in [3.05, 3.63) is 35.6 Å². The Morgan fingerprint density at radius 1 is 1.15 bits per heavy atom. The van der Waals surface area contributed by atoms with Crippen molar-refractivity contribution in [2.75, 3.05) is 19.8 Å². The lowest BCUT2D eigenvalue weighted by Gasteiger charge is -2.35. The van der Waals surface area contributed by atoms with E-state index >= 15 is 0 Å². The van der Waals surface area contributed by atoms with Crippen LogP contribution in [0.25, 0.3) is 0 Å². The molecule has 0 unspecified atom stereocenters. The molecular formula is C16H22FNO2. The number of nitrogens with one attached hydrogen (secondary N) is 1. The van der Waals surface area contributed by atoms with Crippen LogP contribution in [-0.2, 0) is 15.9 Å². The highest BCUT2D eigenvalue weighted by molar-refractivity contribution is 5.17. The van der Waals surface area contributed by atoms with E-state index in [-0.39, 0.29) is 11.6 Å². The van der Waals surface area contributed by atoms with E-state index in [2.05, 4.69) is 5.32 Å². The van der Waals surface area contributed by atoms with Gasteiger partial charge < -0.3 is 14.8 Å². The Labute approximate surface area is 119 Å². The summed E-state index contributed by atoms with van der Waals surface area (Å²) in [4.78, 5) is 0.